The molecular weight excluding hydrogens is 272 g/mol. The Morgan fingerprint density at radius 1 is 1.72 bits per heavy atom. The second kappa shape index (κ2) is 6.24. The number of amides is 1. The average Bonchev–Trinajstić information content (AvgIpc) is 2.96. The normalized spacial score (nSPS) is 14.9. The quantitative estimate of drug-likeness (QED) is 0.846. The maximum atomic E-state index is 11.7. The molecule has 18 heavy (non-hydrogen) atoms. The van der Waals surface area contributed by atoms with Crippen molar-refractivity contribution < 1.29 is 14.0 Å². The van der Waals surface area contributed by atoms with Crippen LogP contribution in [-0.4, -0.2) is 33.6 Å². The fraction of sp³-hybridized carbons (Fsp3) is 0.600. The second-order valence-electron chi connectivity index (χ2n) is 3.97. The number of hydrogen-bond donors (Lipinski definition) is 1. The first-order valence-electron chi connectivity index (χ1n) is 5.63. The Bertz CT molecular complexity index is 458. The third-order valence-corrected chi connectivity index (χ3v) is 4.41. The first kappa shape index (κ1) is 13.4. The molecule has 0 saturated heterocycles. The van der Waals surface area contributed by atoms with Crippen molar-refractivity contribution in [2.75, 3.05) is 23.4 Å². The van der Waals surface area contributed by atoms with E-state index in [4.69, 9.17) is 4.52 Å². The Kier molecular flexibility index (Phi) is 4.65. The smallest absolute Gasteiger partial charge is 0.288 e. The lowest BCUT2D eigenvalue weighted by Gasteiger charge is -1.99. The highest BCUT2D eigenvalue weighted by Crippen LogP contribution is 2.21. The lowest BCUT2D eigenvalue weighted by molar-refractivity contribution is -0.779. The van der Waals surface area contributed by atoms with E-state index in [0.717, 1.165) is 16.7 Å². The number of thioether (sulfide) groups is 2. The number of nitrogens with zero attached hydrogens (tertiary/aromatic N) is 3. The molecule has 0 unspecified atom stereocenters. The number of hydrogen-bond acceptors (Lipinski definition) is 6. The van der Waals surface area contributed by atoms with Crippen LogP contribution in [0.4, 0.5) is 5.88 Å². The molecule has 1 N–H and O–H groups in total. The van der Waals surface area contributed by atoms with Gasteiger partial charge in [-0.3, -0.25) is 19.6 Å². The summed E-state index contributed by atoms with van der Waals surface area (Å²) in [5.41, 5.74) is 0. The minimum absolute atomic E-state index is 0.109. The van der Waals surface area contributed by atoms with Crippen LogP contribution < -0.4 is 10.00 Å². The Labute approximate surface area is 114 Å². The molecule has 98 valence electrons. The van der Waals surface area contributed by atoms with Crippen molar-refractivity contribution in [3.63, 3.8) is 0 Å². The van der Waals surface area contributed by atoms with Crippen LogP contribution >= 0.6 is 23.5 Å². The zero-order valence-corrected chi connectivity index (χ0v) is 11.9. The molecule has 2 heterocycles. The van der Waals surface area contributed by atoms with Gasteiger partial charge in [0.05, 0.1) is 12.3 Å². The molecule has 0 bridgehead atoms. The largest absolute Gasteiger partial charge is 0.302 e. The van der Waals surface area contributed by atoms with Crippen molar-refractivity contribution in [3.05, 3.63) is 6.20 Å². The van der Waals surface area contributed by atoms with Gasteiger partial charge in [0.2, 0.25) is 11.2 Å². The van der Waals surface area contributed by atoms with Crippen LogP contribution in [-0.2, 0) is 4.79 Å². The molecule has 0 radical (unpaired) electrons. The number of aromatic nitrogens is 2. The summed E-state index contributed by atoms with van der Waals surface area (Å²) < 4.78 is 7.64. The van der Waals surface area contributed by atoms with Crippen LogP contribution in [0.15, 0.2) is 15.7 Å². The van der Waals surface area contributed by atoms with Gasteiger partial charge in [0, 0.05) is 5.75 Å². The number of carbonyl (C=O) groups excluding carboxylic acids is 1. The van der Waals surface area contributed by atoms with E-state index in [1.165, 1.54) is 11.8 Å². The van der Waals surface area contributed by atoms with Crippen molar-refractivity contribution in [1.82, 2.24) is 5.27 Å². The Morgan fingerprint density at radius 2 is 2.56 bits per heavy atom. The Morgan fingerprint density at radius 3 is 3.17 bits per heavy atom. The number of rotatable bonds is 4. The first-order chi connectivity index (χ1) is 8.65. The van der Waals surface area contributed by atoms with Gasteiger partial charge in [0.15, 0.2) is 6.04 Å². The fourth-order valence-corrected chi connectivity index (χ4v) is 3.07. The zero-order valence-electron chi connectivity index (χ0n) is 10.3. The van der Waals surface area contributed by atoms with Crippen LogP contribution in [0.2, 0.25) is 0 Å². The molecule has 0 saturated carbocycles. The molecule has 1 amide bonds. The third-order valence-electron chi connectivity index (χ3n) is 2.16. The van der Waals surface area contributed by atoms with E-state index in [9.17, 15) is 4.79 Å². The fourth-order valence-electron chi connectivity index (χ4n) is 1.26. The topological polar surface area (TPSA) is 71.4 Å². The highest BCUT2D eigenvalue weighted by molar-refractivity contribution is 8.39. The van der Waals surface area contributed by atoms with E-state index in [1.54, 1.807) is 22.6 Å². The van der Waals surface area contributed by atoms with Crippen LogP contribution in [0.5, 0.6) is 0 Å². The standard InChI is InChI=1S/C10H14N4O2S2/c1-7(2)14-5-9(16-13-14)12-8(15)6-18-10-11-3-4-17-10/h5,7H,3-4,6H2,1-2H3/p+1. The van der Waals surface area contributed by atoms with E-state index < -0.39 is 0 Å². The van der Waals surface area contributed by atoms with E-state index in [2.05, 4.69) is 15.6 Å². The molecule has 1 aliphatic heterocycles. The molecule has 1 aromatic heterocycles. The van der Waals surface area contributed by atoms with Crippen molar-refractivity contribution >= 4 is 39.7 Å². The summed E-state index contributed by atoms with van der Waals surface area (Å²) in [4.78, 5) is 15.9. The zero-order chi connectivity index (χ0) is 13.0. The van der Waals surface area contributed by atoms with Gasteiger partial charge >= 0.3 is 5.88 Å². The summed E-state index contributed by atoms with van der Waals surface area (Å²) in [7, 11) is 0. The second-order valence-corrected chi connectivity index (χ2v) is 6.28. The lowest BCUT2D eigenvalue weighted by Crippen LogP contribution is -2.36. The van der Waals surface area contributed by atoms with Gasteiger partial charge in [0.25, 0.3) is 6.20 Å². The van der Waals surface area contributed by atoms with Crippen molar-refractivity contribution in [3.8, 4) is 0 Å². The van der Waals surface area contributed by atoms with Gasteiger partial charge in [-0.2, -0.15) is 0 Å². The maximum absolute atomic E-state index is 11.7. The van der Waals surface area contributed by atoms with Gasteiger partial charge < -0.3 is 0 Å². The van der Waals surface area contributed by atoms with Gasteiger partial charge in [-0.25, -0.2) is 0 Å². The van der Waals surface area contributed by atoms with E-state index >= 15 is 0 Å². The summed E-state index contributed by atoms with van der Waals surface area (Å²) in [5.74, 6) is 1.62. The van der Waals surface area contributed by atoms with Gasteiger partial charge in [0.1, 0.15) is 4.38 Å². The van der Waals surface area contributed by atoms with E-state index in [-0.39, 0.29) is 11.9 Å². The predicted molar refractivity (Wildman–Crippen MR) is 72.9 cm³/mol. The van der Waals surface area contributed by atoms with Gasteiger partial charge in [-0.05, 0) is 18.5 Å². The monoisotopic (exact) mass is 287 g/mol. The summed E-state index contributed by atoms with van der Waals surface area (Å²) in [6.07, 6.45) is 1.68. The van der Waals surface area contributed by atoms with Gasteiger partial charge in [-0.15, -0.1) is 0 Å². The molecule has 0 aliphatic carbocycles. The molecule has 2 rings (SSSR count). The van der Waals surface area contributed by atoms with E-state index in [1.807, 2.05) is 13.8 Å². The molecule has 1 aliphatic rings. The molecule has 1 aromatic rings. The number of nitrogens with one attached hydrogen (secondary N) is 1. The van der Waals surface area contributed by atoms with Gasteiger partial charge in [-0.1, -0.05) is 23.5 Å². The average molecular weight is 287 g/mol. The molecule has 0 spiro atoms. The minimum atomic E-state index is -0.109. The molecule has 6 nitrogen and oxygen atoms in total. The number of anilines is 1. The first-order valence-corrected chi connectivity index (χ1v) is 7.60. The minimum Gasteiger partial charge on any atom is -0.288 e. The molecule has 0 fully saturated rings. The molecule has 0 atom stereocenters. The van der Waals surface area contributed by atoms with E-state index in [0.29, 0.717) is 11.6 Å². The highest BCUT2D eigenvalue weighted by Gasteiger charge is 2.17. The summed E-state index contributed by atoms with van der Waals surface area (Å²) in [6, 6.07) is 0.207. The SMILES string of the molecule is CC(C)[n+]1cc(NC(=O)CSC2=NCCS2)on1. The molecule has 0 aromatic carbocycles. The number of aliphatic imine (C=N–C) groups is 1. The Balaban J connectivity index is 1.79. The summed E-state index contributed by atoms with van der Waals surface area (Å²) in [6.45, 7) is 4.82. The third kappa shape index (κ3) is 3.74. The van der Waals surface area contributed by atoms with Crippen molar-refractivity contribution in [2.45, 2.75) is 19.9 Å². The van der Waals surface area contributed by atoms with Crippen molar-refractivity contribution in [1.29, 1.82) is 0 Å². The van der Waals surface area contributed by atoms with Crippen molar-refractivity contribution in [2.24, 2.45) is 4.99 Å². The van der Waals surface area contributed by atoms with Crippen LogP contribution in [0.25, 0.3) is 0 Å². The van der Waals surface area contributed by atoms with Crippen LogP contribution in [0, 0.1) is 0 Å². The summed E-state index contributed by atoms with van der Waals surface area (Å²) >= 11 is 3.15. The molecular formula is C10H15N4O2S2+. The number of carbonyl (C=O) groups is 1. The predicted octanol–water partition coefficient (Wildman–Crippen LogP) is 1.32. The van der Waals surface area contributed by atoms with Crippen LogP contribution in [0.3, 0.4) is 0 Å². The molecule has 8 heteroatoms. The van der Waals surface area contributed by atoms with Crippen LogP contribution in [0.1, 0.15) is 19.9 Å². The maximum Gasteiger partial charge on any atom is 0.302 e. The summed E-state index contributed by atoms with van der Waals surface area (Å²) in [5, 5.41) is 6.47. The Hall–Kier alpha value is -1.02. The lowest BCUT2D eigenvalue weighted by atomic mass is 10.4. The highest BCUT2D eigenvalue weighted by atomic mass is 32.2.